The first-order valence-electron chi connectivity index (χ1n) is 13.6. The second-order valence-electron chi connectivity index (χ2n) is 10.1. The first-order chi connectivity index (χ1) is 21.4. The fourth-order valence-electron chi connectivity index (χ4n) is 4.14. The third kappa shape index (κ3) is 9.12. The van der Waals surface area contributed by atoms with Crippen molar-refractivity contribution in [1.29, 1.82) is 0 Å². The lowest BCUT2D eigenvalue weighted by Crippen LogP contribution is -2.32. The molecule has 3 aromatic rings. The number of hydrogen-bond acceptors (Lipinski definition) is 9. The van der Waals surface area contributed by atoms with Crippen molar-refractivity contribution in [3.05, 3.63) is 108 Å². The number of rotatable bonds is 14. The van der Waals surface area contributed by atoms with Crippen LogP contribution >= 0.6 is 11.8 Å². The number of allylic oxidation sites excluding steroid dienone is 2. The maximum Gasteiger partial charge on any atom is 0.261 e. The Morgan fingerprint density at radius 2 is 1.84 bits per heavy atom. The van der Waals surface area contributed by atoms with Crippen LogP contribution in [0.15, 0.2) is 95.8 Å². The number of nitrogens with one attached hydrogen (secondary N) is 3. The Morgan fingerprint density at radius 3 is 2.53 bits per heavy atom. The van der Waals surface area contributed by atoms with E-state index < -0.39 is 26.5 Å². The summed E-state index contributed by atoms with van der Waals surface area (Å²) in [7, 11) is -3.92. The van der Waals surface area contributed by atoms with Crippen LogP contribution in [0.25, 0.3) is 0 Å². The van der Waals surface area contributed by atoms with Gasteiger partial charge in [-0.1, -0.05) is 41.3 Å². The minimum atomic E-state index is -3.92. The van der Waals surface area contributed by atoms with Gasteiger partial charge in [0.1, 0.15) is 17.3 Å². The van der Waals surface area contributed by atoms with E-state index in [-0.39, 0.29) is 41.3 Å². The monoisotopic (exact) mass is 654 g/mol. The lowest BCUT2D eigenvalue weighted by Gasteiger charge is -2.23. The van der Waals surface area contributed by atoms with Crippen LogP contribution in [-0.4, -0.2) is 58.2 Å². The molecule has 15 heteroatoms. The molecule has 1 aliphatic rings. The number of nitrogens with zero attached hydrogens (tertiary/aromatic N) is 3. The summed E-state index contributed by atoms with van der Waals surface area (Å²) in [4.78, 5) is 36.8. The van der Waals surface area contributed by atoms with Gasteiger partial charge in [0.25, 0.3) is 21.8 Å². The number of amides is 2. The summed E-state index contributed by atoms with van der Waals surface area (Å²) in [6, 6.07) is 10.2. The predicted octanol–water partition coefficient (Wildman–Crippen LogP) is 3.33. The Morgan fingerprint density at radius 1 is 1.13 bits per heavy atom. The van der Waals surface area contributed by atoms with Crippen molar-refractivity contribution in [3.63, 3.8) is 0 Å². The number of ether oxygens (including phenoxy) is 1. The van der Waals surface area contributed by atoms with Gasteiger partial charge in [-0.15, -0.1) is 5.10 Å². The Labute approximate surface area is 263 Å². The number of sulfonamides is 1. The van der Waals surface area contributed by atoms with E-state index in [0.29, 0.717) is 23.6 Å². The second kappa shape index (κ2) is 14.3. The quantitative estimate of drug-likeness (QED) is 0.222. The van der Waals surface area contributed by atoms with E-state index in [9.17, 15) is 27.2 Å². The van der Waals surface area contributed by atoms with E-state index in [0.717, 1.165) is 41.6 Å². The Kier molecular flexibility index (Phi) is 10.6. The maximum atomic E-state index is 13.1. The molecule has 1 aliphatic heterocycles. The van der Waals surface area contributed by atoms with Crippen LogP contribution in [0.4, 0.5) is 10.1 Å². The Hall–Kier alpha value is -4.76. The molecule has 0 bridgehead atoms. The summed E-state index contributed by atoms with van der Waals surface area (Å²) < 4.78 is 46.9. The molecule has 0 saturated heterocycles. The molecular weight excluding hydrogens is 623 g/mol. The summed E-state index contributed by atoms with van der Waals surface area (Å²) >= 11 is 1.11. The SMILES string of the molecule is C=CC(C)=C[C@@]1(C)SC(=O)C=C1OCC(=O)NCCn1cc(CNC(=O)c2ccc(NS(=O)(=O)c3ccc(F)cc3)cc2)nn1. The third-order valence-electron chi connectivity index (χ3n) is 6.44. The van der Waals surface area contributed by atoms with E-state index in [2.05, 4.69) is 32.2 Å². The highest BCUT2D eigenvalue weighted by Crippen LogP contribution is 2.42. The Bertz CT molecular complexity index is 1750. The van der Waals surface area contributed by atoms with E-state index in [1.165, 1.54) is 35.0 Å². The molecule has 0 unspecified atom stereocenters. The van der Waals surface area contributed by atoms with Crippen molar-refractivity contribution < 1.29 is 31.9 Å². The smallest absolute Gasteiger partial charge is 0.261 e. The van der Waals surface area contributed by atoms with Gasteiger partial charge in [0, 0.05) is 23.9 Å². The standard InChI is InChI=1S/C30H31FN6O6S2/c1-4-20(2)16-30(3)26(15-28(39)44-30)43-19-27(38)32-13-14-37-18-24(34-36-37)17-33-29(40)21-5-9-23(10-6-21)35-45(41,42)25-11-7-22(31)8-12-25/h4-12,15-16,18,35H,1,13-14,17,19H2,2-3H3,(H,32,38)(H,33,40)/t30-/m1/s1. The minimum Gasteiger partial charge on any atom is -0.486 e. The first-order valence-corrected chi connectivity index (χ1v) is 15.9. The molecule has 0 spiro atoms. The molecule has 2 heterocycles. The van der Waals surface area contributed by atoms with Crippen LogP contribution in [0.1, 0.15) is 29.9 Å². The molecule has 0 aliphatic carbocycles. The number of carbonyl (C=O) groups excluding carboxylic acids is 3. The number of benzene rings is 2. The van der Waals surface area contributed by atoms with Crippen molar-refractivity contribution >= 4 is 44.4 Å². The predicted molar refractivity (Wildman–Crippen MR) is 167 cm³/mol. The van der Waals surface area contributed by atoms with Crippen molar-refractivity contribution in [2.45, 2.75) is 36.6 Å². The van der Waals surface area contributed by atoms with Crippen LogP contribution in [-0.2, 0) is 37.4 Å². The lowest BCUT2D eigenvalue weighted by atomic mass is 10.0. The van der Waals surface area contributed by atoms with Crippen LogP contribution in [0.2, 0.25) is 0 Å². The number of hydrogen-bond donors (Lipinski definition) is 3. The summed E-state index contributed by atoms with van der Waals surface area (Å²) in [5.74, 6) is -0.923. The molecule has 45 heavy (non-hydrogen) atoms. The zero-order valence-electron chi connectivity index (χ0n) is 24.4. The van der Waals surface area contributed by atoms with Gasteiger partial charge < -0.3 is 15.4 Å². The summed E-state index contributed by atoms with van der Waals surface area (Å²) in [5.41, 5.74) is 1.89. The van der Waals surface area contributed by atoms with Gasteiger partial charge in [-0.25, -0.2) is 12.8 Å². The maximum absolute atomic E-state index is 13.1. The fourth-order valence-corrected chi connectivity index (χ4v) is 6.25. The second-order valence-corrected chi connectivity index (χ2v) is 13.2. The zero-order valence-corrected chi connectivity index (χ0v) is 26.1. The number of aromatic nitrogens is 3. The number of anilines is 1. The molecule has 12 nitrogen and oxygen atoms in total. The van der Waals surface area contributed by atoms with E-state index >= 15 is 0 Å². The number of halogens is 1. The highest BCUT2D eigenvalue weighted by molar-refractivity contribution is 8.15. The lowest BCUT2D eigenvalue weighted by molar-refractivity contribution is -0.124. The van der Waals surface area contributed by atoms with Crippen molar-refractivity contribution in [3.8, 4) is 0 Å². The van der Waals surface area contributed by atoms with E-state index in [4.69, 9.17) is 4.74 Å². The molecule has 2 aromatic carbocycles. The summed E-state index contributed by atoms with van der Waals surface area (Å²) in [5, 5.41) is 13.3. The van der Waals surface area contributed by atoms with Gasteiger partial charge in [0.2, 0.25) is 5.12 Å². The summed E-state index contributed by atoms with van der Waals surface area (Å²) in [6.07, 6.45) is 6.56. The molecule has 1 atom stereocenters. The van der Waals surface area contributed by atoms with Gasteiger partial charge in [-0.2, -0.15) is 0 Å². The van der Waals surface area contributed by atoms with Crippen LogP contribution < -0.4 is 15.4 Å². The van der Waals surface area contributed by atoms with Gasteiger partial charge in [-0.3, -0.25) is 23.8 Å². The van der Waals surface area contributed by atoms with Crippen molar-refractivity contribution in [2.24, 2.45) is 0 Å². The van der Waals surface area contributed by atoms with Crippen LogP contribution in [0.5, 0.6) is 0 Å². The molecule has 1 aromatic heterocycles. The normalized spacial score (nSPS) is 16.6. The highest BCUT2D eigenvalue weighted by atomic mass is 32.2. The van der Waals surface area contributed by atoms with Gasteiger partial charge >= 0.3 is 0 Å². The minimum absolute atomic E-state index is 0.0857. The molecular formula is C30H31FN6O6S2. The first kappa shape index (κ1) is 33.1. The summed E-state index contributed by atoms with van der Waals surface area (Å²) in [6.45, 7) is 7.82. The van der Waals surface area contributed by atoms with Gasteiger partial charge in [0.15, 0.2) is 6.61 Å². The van der Waals surface area contributed by atoms with Crippen molar-refractivity contribution in [1.82, 2.24) is 25.6 Å². The molecule has 0 saturated carbocycles. The average molecular weight is 655 g/mol. The molecule has 236 valence electrons. The van der Waals surface area contributed by atoms with Gasteiger partial charge in [-0.05, 0) is 62.4 Å². The van der Waals surface area contributed by atoms with Gasteiger partial charge in [0.05, 0.1) is 28.9 Å². The number of thioether (sulfide) groups is 1. The fraction of sp³-hybridized carbons (Fsp3) is 0.233. The molecule has 0 radical (unpaired) electrons. The number of carbonyl (C=O) groups is 3. The van der Waals surface area contributed by atoms with Crippen molar-refractivity contribution in [2.75, 3.05) is 17.9 Å². The van der Waals surface area contributed by atoms with Crippen LogP contribution in [0, 0.1) is 5.82 Å². The average Bonchev–Trinajstić information content (AvgIpc) is 3.57. The molecule has 2 amide bonds. The largest absolute Gasteiger partial charge is 0.486 e. The molecule has 0 fully saturated rings. The van der Waals surface area contributed by atoms with E-state index in [1.807, 2.05) is 19.9 Å². The third-order valence-corrected chi connectivity index (χ3v) is 8.90. The molecule has 3 N–H and O–H groups in total. The van der Waals surface area contributed by atoms with E-state index in [1.54, 1.807) is 12.3 Å². The molecule has 4 rings (SSSR count). The zero-order chi connectivity index (χ0) is 32.6. The van der Waals surface area contributed by atoms with Crippen LogP contribution in [0.3, 0.4) is 0 Å². The topological polar surface area (TPSA) is 161 Å². The highest BCUT2D eigenvalue weighted by Gasteiger charge is 2.38. The Balaban J connectivity index is 1.19.